The number of rotatable bonds is 9. The summed E-state index contributed by atoms with van der Waals surface area (Å²) in [7, 11) is 1.71. The van der Waals surface area contributed by atoms with E-state index in [4.69, 9.17) is 4.74 Å². The summed E-state index contributed by atoms with van der Waals surface area (Å²) in [6, 6.07) is 0. The normalized spacial score (nSPS) is 10.9. The van der Waals surface area contributed by atoms with Crippen LogP contribution in [0, 0.1) is 0 Å². The minimum absolute atomic E-state index is 0.762. The van der Waals surface area contributed by atoms with E-state index in [1.165, 1.54) is 17.8 Å². The van der Waals surface area contributed by atoms with Crippen molar-refractivity contribution < 1.29 is 4.74 Å². The Bertz CT molecular complexity index is 278. The molecule has 16 heavy (non-hydrogen) atoms. The Balaban J connectivity index is 2.14. The maximum Gasteiger partial charge on any atom is 0.118 e. The van der Waals surface area contributed by atoms with Crippen LogP contribution in [0.5, 0.6) is 0 Å². The molecule has 0 saturated carbocycles. The molecule has 0 unspecified atom stereocenters. The fraction of sp³-hybridized carbons (Fsp3) is 0.818. The molecule has 1 rings (SSSR count). The van der Waals surface area contributed by atoms with Gasteiger partial charge in [0.15, 0.2) is 0 Å². The smallest absolute Gasteiger partial charge is 0.118 e. The van der Waals surface area contributed by atoms with Crippen molar-refractivity contribution in [3.63, 3.8) is 0 Å². The predicted octanol–water partition coefficient (Wildman–Crippen LogP) is 1.66. The summed E-state index contributed by atoms with van der Waals surface area (Å²) in [5.74, 6) is 0. The third-order valence-corrected chi connectivity index (χ3v) is 3.29. The number of unbranched alkanes of at least 4 members (excludes halogenated alkanes) is 1. The number of hydrogen-bond donors (Lipinski definition) is 1. The van der Waals surface area contributed by atoms with Gasteiger partial charge in [-0.1, -0.05) is 13.3 Å². The van der Waals surface area contributed by atoms with Gasteiger partial charge in [0.1, 0.15) is 10.0 Å². The predicted molar refractivity (Wildman–Crippen MR) is 67.0 cm³/mol. The van der Waals surface area contributed by atoms with E-state index in [9.17, 15) is 0 Å². The van der Waals surface area contributed by atoms with Crippen LogP contribution < -0.4 is 5.32 Å². The average Bonchev–Trinajstić information content (AvgIpc) is 2.74. The van der Waals surface area contributed by atoms with Gasteiger partial charge in [-0.3, -0.25) is 0 Å². The Morgan fingerprint density at radius 1 is 1.19 bits per heavy atom. The SMILES string of the molecule is CCCCc1nnc(CCNCCOC)s1. The van der Waals surface area contributed by atoms with Crippen LogP contribution >= 0.6 is 11.3 Å². The lowest BCUT2D eigenvalue weighted by Gasteiger charge is -2.00. The number of nitrogens with one attached hydrogen (secondary N) is 1. The summed E-state index contributed by atoms with van der Waals surface area (Å²) < 4.78 is 4.95. The molecule has 4 nitrogen and oxygen atoms in total. The van der Waals surface area contributed by atoms with E-state index in [2.05, 4.69) is 22.4 Å². The average molecular weight is 243 g/mol. The monoisotopic (exact) mass is 243 g/mol. The van der Waals surface area contributed by atoms with E-state index in [-0.39, 0.29) is 0 Å². The van der Waals surface area contributed by atoms with Crippen molar-refractivity contribution in [2.24, 2.45) is 0 Å². The lowest BCUT2D eigenvalue weighted by molar-refractivity contribution is 0.199. The van der Waals surface area contributed by atoms with Gasteiger partial charge >= 0.3 is 0 Å². The minimum Gasteiger partial charge on any atom is -0.383 e. The van der Waals surface area contributed by atoms with Crippen LogP contribution in [0.15, 0.2) is 0 Å². The molecule has 0 bridgehead atoms. The van der Waals surface area contributed by atoms with Crippen LogP contribution in [0.2, 0.25) is 0 Å². The molecule has 1 aromatic rings. The first-order chi connectivity index (χ1) is 7.86. The molecular formula is C11H21N3OS. The molecular weight excluding hydrogens is 222 g/mol. The fourth-order valence-corrected chi connectivity index (χ4v) is 2.20. The van der Waals surface area contributed by atoms with Gasteiger partial charge in [0.25, 0.3) is 0 Å². The van der Waals surface area contributed by atoms with Crippen LogP contribution in [0.4, 0.5) is 0 Å². The van der Waals surface area contributed by atoms with Gasteiger partial charge in [0.2, 0.25) is 0 Å². The van der Waals surface area contributed by atoms with Gasteiger partial charge in [-0.25, -0.2) is 0 Å². The molecule has 1 aromatic heterocycles. The highest BCUT2D eigenvalue weighted by molar-refractivity contribution is 7.11. The highest BCUT2D eigenvalue weighted by Crippen LogP contribution is 2.12. The maximum atomic E-state index is 4.95. The Labute approximate surface area is 101 Å². The van der Waals surface area contributed by atoms with E-state index in [0.717, 1.165) is 37.5 Å². The zero-order valence-electron chi connectivity index (χ0n) is 10.2. The summed E-state index contributed by atoms with van der Waals surface area (Å²) in [4.78, 5) is 0. The maximum absolute atomic E-state index is 4.95. The van der Waals surface area contributed by atoms with Crippen molar-refractivity contribution >= 4 is 11.3 Å². The Morgan fingerprint density at radius 3 is 2.62 bits per heavy atom. The number of hydrogen-bond acceptors (Lipinski definition) is 5. The number of methoxy groups -OCH3 is 1. The minimum atomic E-state index is 0.762. The topological polar surface area (TPSA) is 47.0 Å². The molecule has 0 saturated heterocycles. The Hall–Kier alpha value is -0.520. The highest BCUT2D eigenvalue weighted by Gasteiger charge is 2.02. The van der Waals surface area contributed by atoms with Crippen molar-refractivity contribution in [3.8, 4) is 0 Å². The van der Waals surface area contributed by atoms with Gasteiger partial charge in [-0.2, -0.15) is 0 Å². The second-order valence-corrected chi connectivity index (χ2v) is 4.83. The van der Waals surface area contributed by atoms with E-state index >= 15 is 0 Å². The van der Waals surface area contributed by atoms with E-state index in [1.807, 2.05) is 0 Å². The van der Waals surface area contributed by atoms with Gasteiger partial charge < -0.3 is 10.1 Å². The van der Waals surface area contributed by atoms with Crippen LogP contribution in [0.25, 0.3) is 0 Å². The zero-order valence-corrected chi connectivity index (χ0v) is 11.0. The number of nitrogens with zero attached hydrogens (tertiary/aromatic N) is 2. The first-order valence-electron chi connectivity index (χ1n) is 5.87. The van der Waals surface area contributed by atoms with Crippen LogP contribution in [0.3, 0.4) is 0 Å². The van der Waals surface area contributed by atoms with Crippen molar-refractivity contribution in [3.05, 3.63) is 10.0 Å². The summed E-state index contributed by atoms with van der Waals surface area (Å²) in [5, 5.41) is 14.0. The van der Waals surface area contributed by atoms with E-state index < -0.39 is 0 Å². The molecule has 1 heterocycles. The molecule has 1 N–H and O–H groups in total. The molecule has 5 heteroatoms. The largest absolute Gasteiger partial charge is 0.383 e. The van der Waals surface area contributed by atoms with Gasteiger partial charge in [0, 0.05) is 33.0 Å². The lowest BCUT2D eigenvalue weighted by atomic mass is 10.3. The molecule has 0 amide bonds. The van der Waals surface area contributed by atoms with Gasteiger partial charge in [-0.15, -0.1) is 21.5 Å². The zero-order chi connectivity index (χ0) is 11.6. The molecule has 0 aliphatic rings. The first kappa shape index (κ1) is 13.5. The summed E-state index contributed by atoms with van der Waals surface area (Å²) >= 11 is 1.74. The highest BCUT2D eigenvalue weighted by atomic mass is 32.1. The Kier molecular flexibility index (Phi) is 7.29. The quantitative estimate of drug-likeness (QED) is 0.670. The lowest BCUT2D eigenvalue weighted by Crippen LogP contribution is -2.21. The van der Waals surface area contributed by atoms with E-state index in [0.29, 0.717) is 0 Å². The van der Waals surface area contributed by atoms with Crippen molar-refractivity contribution in [2.75, 3.05) is 26.8 Å². The van der Waals surface area contributed by atoms with Crippen molar-refractivity contribution in [1.29, 1.82) is 0 Å². The molecule has 0 atom stereocenters. The third kappa shape index (κ3) is 5.53. The summed E-state index contributed by atoms with van der Waals surface area (Å²) in [6.07, 6.45) is 4.47. The summed E-state index contributed by atoms with van der Waals surface area (Å²) in [6.45, 7) is 4.81. The van der Waals surface area contributed by atoms with Crippen molar-refractivity contribution in [1.82, 2.24) is 15.5 Å². The van der Waals surface area contributed by atoms with Gasteiger partial charge in [0.05, 0.1) is 6.61 Å². The number of aromatic nitrogens is 2. The second-order valence-electron chi connectivity index (χ2n) is 3.69. The molecule has 0 aromatic carbocycles. The fourth-order valence-electron chi connectivity index (χ4n) is 1.31. The standard InChI is InChI=1S/C11H21N3OS/c1-3-4-5-10-13-14-11(16-10)6-7-12-8-9-15-2/h12H,3-9H2,1-2H3. The second kappa shape index (κ2) is 8.61. The molecule has 0 fully saturated rings. The number of aryl methyl sites for hydroxylation is 1. The molecule has 0 aliphatic carbocycles. The van der Waals surface area contributed by atoms with Crippen LogP contribution in [-0.2, 0) is 17.6 Å². The Morgan fingerprint density at radius 2 is 1.94 bits per heavy atom. The molecule has 0 aliphatic heterocycles. The molecule has 92 valence electrons. The molecule has 0 radical (unpaired) electrons. The van der Waals surface area contributed by atoms with Crippen LogP contribution in [0.1, 0.15) is 29.8 Å². The van der Waals surface area contributed by atoms with Crippen LogP contribution in [-0.4, -0.2) is 37.0 Å². The van der Waals surface area contributed by atoms with Crippen molar-refractivity contribution in [2.45, 2.75) is 32.6 Å². The third-order valence-electron chi connectivity index (χ3n) is 2.25. The number of ether oxygens (including phenoxy) is 1. The van der Waals surface area contributed by atoms with Gasteiger partial charge in [-0.05, 0) is 6.42 Å². The summed E-state index contributed by atoms with van der Waals surface area (Å²) in [5.41, 5.74) is 0. The first-order valence-corrected chi connectivity index (χ1v) is 6.69. The van der Waals surface area contributed by atoms with E-state index in [1.54, 1.807) is 18.4 Å². The molecule has 0 spiro atoms.